The van der Waals surface area contributed by atoms with Crippen LogP contribution in [0.3, 0.4) is 0 Å². The van der Waals surface area contributed by atoms with Crippen LogP contribution in [0.4, 0.5) is 0 Å². The van der Waals surface area contributed by atoms with Gasteiger partial charge in [0.1, 0.15) is 0 Å². The summed E-state index contributed by atoms with van der Waals surface area (Å²) in [7, 11) is 0. The van der Waals surface area contributed by atoms with Gasteiger partial charge in [-0.25, -0.2) is 0 Å². The average molecular weight is 316 g/mol. The van der Waals surface area contributed by atoms with Gasteiger partial charge in [-0.1, -0.05) is 25.1 Å². The molecule has 1 heterocycles. The summed E-state index contributed by atoms with van der Waals surface area (Å²) in [6, 6.07) is 12.5. The van der Waals surface area contributed by atoms with Crippen LogP contribution in [-0.4, -0.2) is 11.9 Å². The molecule has 0 aliphatic carbocycles. The fourth-order valence-electron chi connectivity index (χ4n) is 2.14. The number of thiophene rings is 1. The zero-order valence-corrected chi connectivity index (χ0v) is 14.2. The summed E-state index contributed by atoms with van der Waals surface area (Å²) < 4.78 is 0. The van der Waals surface area contributed by atoms with E-state index < -0.39 is 0 Å². The Morgan fingerprint density at radius 3 is 2.73 bits per heavy atom. The standard InChI is InChI=1S/C18H24N2OS/c1-4-13(2)20-18(21)16-8-5-7-15(11-16)12-19-14(3)17-9-6-10-22-17/h5-11,13-14,19H,4,12H2,1-3H3,(H,20,21)/t13-,14-/m1/s1. The largest absolute Gasteiger partial charge is 0.350 e. The second-order valence-electron chi connectivity index (χ2n) is 5.60. The summed E-state index contributed by atoms with van der Waals surface area (Å²) in [6.45, 7) is 7.00. The number of hydrogen-bond donors (Lipinski definition) is 2. The fraction of sp³-hybridized carbons (Fsp3) is 0.389. The quantitative estimate of drug-likeness (QED) is 0.806. The van der Waals surface area contributed by atoms with Crippen LogP contribution in [0.25, 0.3) is 0 Å². The lowest BCUT2D eigenvalue weighted by atomic mass is 10.1. The van der Waals surface area contributed by atoms with Gasteiger partial charge in [0.2, 0.25) is 0 Å². The summed E-state index contributed by atoms with van der Waals surface area (Å²) in [5.41, 5.74) is 1.85. The zero-order chi connectivity index (χ0) is 15.9. The van der Waals surface area contributed by atoms with Crippen LogP contribution in [0.2, 0.25) is 0 Å². The van der Waals surface area contributed by atoms with Crippen molar-refractivity contribution in [3.05, 3.63) is 57.8 Å². The lowest BCUT2D eigenvalue weighted by Crippen LogP contribution is -2.32. The van der Waals surface area contributed by atoms with E-state index in [1.807, 2.05) is 31.2 Å². The third kappa shape index (κ3) is 4.68. The van der Waals surface area contributed by atoms with E-state index >= 15 is 0 Å². The molecule has 0 aliphatic heterocycles. The van der Waals surface area contributed by atoms with Gasteiger partial charge in [-0.3, -0.25) is 4.79 Å². The molecule has 0 saturated carbocycles. The van der Waals surface area contributed by atoms with Crippen molar-refractivity contribution in [2.24, 2.45) is 0 Å². The molecule has 2 atom stereocenters. The normalized spacial score (nSPS) is 13.6. The first-order chi connectivity index (χ1) is 10.6. The number of amides is 1. The van der Waals surface area contributed by atoms with Crippen LogP contribution < -0.4 is 10.6 Å². The average Bonchev–Trinajstić information content (AvgIpc) is 3.07. The number of rotatable bonds is 7. The SMILES string of the molecule is CC[C@@H](C)NC(=O)c1cccc(CN[C@H](C)c2cccs2)c1. The highest BCUT2D eigenvalue weighted by molar-refractivity contribution is 7.10. The Morgan fingerprint density at radius 2 is 2.05 bits per heavy atom. The zero-order valence-electron chi connectivity index (χ0n) is 13.4. The first-order valence-corrected chi connectivity index (χ1v) is 8.64. The van der Waals surface area contributed by atoms with Gasteiger partial charge in [-0.05, 0) is 49.4 Å². The van der Waals surface area contributed by atoms with Crippen LogP contribution in [0.1, 0.15) is 54.0 Å². The monoisotopic (exact) mass is 316 g/mol. The van der Waals surface area contributed by atoms with E-state index in [0.29, 0.717) is 6.04 Å². The van der Waals surface area contributed by atoms with Crippen LogP contribution in [0.15, 0.2) is 41.8 Å². The smallest absolute Gasteiger partial charge is 0.251 e. The van der Waals surface area contributed by atoms with Gasteiger partial charge >= 0.3 is 0 Å². The Hall–Kier alpha value is -1.65. The Balaban J connectivity index is 1.95. The van der Waals surface area contributed by atoms with Gasteiger partial charge in [-0.2, -0.15) is 0 Å². The van der Waals surface area contributed by atoms with E-state index in [1.165, 1.54) is 4.88 Å². The molecule has 0 unspecified atom stereocenters. The Labute approximate surface area is 136 Å². The van der Waals surface area contributed by atoms with E-state index in [1.54, 1.807) is 11.3 Å². The van der Waals surface area contributed by atoms with Crippen molar-refractivity contribution in [2.75, 3.05) is 0 Å². The highest BCUT2D eigenvalue weighted by Crippen LogP contribution is 2.18. The predicted octanol–water partition coefficient (Wildman–Crippen LogP) is 4.13. The predicted molar refractivity (Wildman–Crippen MR) is 93.2 cm³/mol. The Morgan fingerprint density at radius 1 is 1.23 bits per heavy atom. The van der Waals surface area contributed by atoms with Gasteiger partial charge in [-0.15, -0.1) is 11.3 Å². The third-order valence-electron chi connectivity index (χ3n) is 3.76. The lowest BCUT2D eigenvalue weighted by molar-refractivity contribution is 0.0939. The van der Waals surface area contributed by atoms with E-state index in [-0.39, 0.29) is 11.9 Å². The van der Waals surface area contributed by atoms with Gasteiger partial charge in [0.25, 0.3) is 5.91 Å². The molecule has 4 heteroatoms. The van der Waals surface area contributed by atoms with Crippen molar-refractivity contribution in [3.8, 4) is 0 Å². The molecule has 0 spiro atoms. The van der Waals surface area contributed by atoms with Crippen LogP contribution in [-0.2, 0) is 6.54 Å². The van der Waals surface area contributed by atoms with Crippen LogP contribution >= 0.6 is 11.3 Å². The lowest BCUT2D eigenvalue weighted by Gasteiger charge is -2.14. The minimum atomic E-state index is 0.00232. The van der Waals surface area contributed by atoms with Crippen molar-refractivity contribution in [1.82, 2.24) is 10.6 Å². The van der Waals surface area contributed by atoms with Crippen molar-refractivity contribution in [2.45, 2.75) is 45.8 Å². The van der Waals surface area contributed by atoms with Crippen LogP contribution in [0, 0.1) is 0 Å². The molecular formula is C18H24N2OS. The summed E-state index contributed by atoms with van der Waals surface area (Å²) in [4.78, 5) is 13.5. The third-order valence-corrected chi connectivity index (χ3v) is 4.82. The summed E-state index contributed by atoms with van der Waals surface area (Å²) in [6.07, 6.45) is 0.936. The first kappa shape index (κ1) is 16.7. The van der Waals surface area contributed by atoms with Gasteiger partial charge in [0.15, 0.2) is 0 Å². The van der Waals surface area contributed by atoms with Gasteiger partial charge in [0, 0.05) is 29.1 Å². The minimum Gasteiger partial charge on any atom is -0.350 e. The van der Waals surface area contributed by atoms with Crippen LogP contribution in [0.5, 0.6) is 0 Å². The molecule has 2 aromatic rings. The summed E-state index contributed by atoms with van der Waals surface area (Å²) in [5.74, 6) is 0.00232. The van der Waals surface area contributed by atoms with Crippen molar-refractivity contribution < 1.29 is 4.79 Å². The minimum absolute atomic E-state index is 0.00232. The number of nitrogens with one attached hydrogen (secondary N) is 2. The van der Waals surface area contributed by atoms with Crippen molar-refractivity contribution in [1.29, 1.82) is 0 Å². The highest BCUT2D eigenvalue weighted by Gasteiger charge is 2.10. The molecule has 2 N–H and O–H groups in total. The van der Waals surface area contributed by atoms with Gasteiger partial charge < -0.3 is 10.6 Å². The molecule has 22 heavy (non-hydrogen) atoms. The summed E-state index contributed by atoms with van der Waals surface area (Å²) in [5, 5.41) is 8.59. The Kier molecular flexibility index (Phi) is 6.16. The molecule has 118 valence electrons. The molecule has 0 saturated heterocycles. The molecule has 1 aromatic heterocycles. The number of hydrogen-bond acceptors (Lipinski definition) is 3. The molecule has 0 aliphatic rings. The molecule has 2 rings (SSSR count). The molecular weight excluding hydrogens is 292 g/mol. The van der Waals surface area contributed by atoms with Gasteiger partial charge in [0.05, 0.1) is 0 Å². The van der Waals surface area contributed by atoms with E-state index in [2.05, 4.69) is 42.0 Å². The molecule has 3 nitrogen and oxygen atoms in total. The molecule has 0 radical (unpaired) electrons. The first-order valence-electron chi connectivity index (χ1n) is 7.76. The second-order valence-corrected chi connectivity index (χ2v) is 6.58. The van der Waals surface area contributed by atoms with E-state index in [0.717, 1.165) is 24.1 Å². The van der Waals surface area contributed by atoms with E-state index in [4.69, 9.17) is 0 Å². The Bertz CT molecular complexity index is 595. The highest BCUT2D eigenvalue weighted by atomic mass is 32.1. The van der Waals surface area contributed by atoms with E-state index in [9.17, 15) is 4.79 Å². The number of carbonyl (C=O) groups excluding carboxylic acids is 1. The maximum Gasteiger partial charge on any atom is 0.251 e. The fourth-order valence-corrected chi connectivity index (χ4v) is 2.90. The maximum absolute atomic E-state index is 12.2. The topological polar surface area (TPSA) is 41.1 Å². The second kappa shape index (κ2) is 8.11. The number of benzene rings is 1. The molecule has 1 aromatic carbocycles. The maximum atomic E-state index is 12.2. The molecule has 0 bridgehead atoms. The summed E-state index contributed by atoms with van der Waals surface area (Å²) >= 11 is 1.76. The molecule has 0 fully saturated rings. The van der Waals surface area contributed by atoms with Crippen molar-refractivity contribution in [3.63, 3.8) is 0 Å². The van der Waals surface area contributed by atoms with Crippen molar-refractivity contribution >= 4 is 17.2 Å². The number of carbonyl (C=O) groups is 1. The molecule has 1 amide bonds.